The molecule has 0 saturated heterocycles. The van der Waals surface area contributed by atoms with E-state index in [0.717, 1.165) is 28.3 Å². The van der Waals surface area contributed by atoms with E-state index in [4.69, 9.17) is 23.4 Å². The van der Waals surface area contributed by atoms with E-state index in [9.17, 15) is 0 Å². The lowest BCUT2D eigenvalue weighted by Gasteiger charge is -2.28. The topological polar surface area (TPSA) is 37.4 Å². The Morgan fingerprint density at radius 2 is 1.29 bits per heavy atom. The minimum atomic E-state index is -0.567. The van der Waals surface area contributed by atoms with E-state index in [1.807, 2.05) is 97.1 Å². The normalized spacial score (nSPS) is 15.2. The van der Waals surface area contributed by atoms with Crippen molar-refractivity contribution in [3.8, 4) is 45.1 Å². The summed E-state index contributed by atoms with van der Waals surface area (Å²) in [6.07, 6.45) is 11.4. The summed E-state index contributed by atoms with van der Waals surface area (Å²) in [6, 6.07) is 34.5. The molecule has 0 radical (unpaired) electrons. The monoisotopic (exact) mass is 767 g/mol. The lowest BCUT2D eigenvalue weighted by atomic mass is 9.53. The molecule has 0 amide bonds. The number of anilines is 4. The zero-order valence-electron chi connectivity index (χ0n) is 41.2. The highest BCUT2D eigenvalue weighted by atomic mass is 16.5. The molecule has 2 aliphatic rings. The number of fused-ring (bicyclic) bond motifs is 6. The van der Waals surface area contributed by atoms with Gasteiger partial charge in [-0.3, -0.25) is 14.0 Å². The molecule has 4 heterocycles. The van der Waals surface area contributed by atoms with Crippen molar-refractivity contribution in [1.82, 2.24) is 9.55 Å². The molecule has 0 aliphatic carbocycles. The summed E-state index contributed by atoms with van der Waals surface area (Å²) in [5.74, 6) is 4.03. The van der Waals surface area contributed by atoms with Gasteiger partial charge in [-0.1, -0.05) is 145 Å². The Labute approximate surface area is 357 Å². The van der Waals surface area contributed by atoms with E-state index >= 15 is 0 Å². The van der Waals surface area contributed by atoms with E-state index in [0.29, 0.717) is 28.2 Å². The number of nitrogens with zero attached hydrogens (tertiary/aromatic N) is 5. The second kappa shape index (κ2) is 14.6. The first kappa shape index (κ1) is 25.4. The van der Waals surface area contributed by atoms with Gasteiger partial charge in [0.25, 0.3) is 6.33 Å². The van der Waals surface area contributed by atoms with Gasteiger partial charge in [-0.2, -0.15) is 0 Å². The van der Waals surface area contributed by atoms with Gasteiger partial charge in [-0.15, -0.1) is 0 Å². The Morgan fingerprint density at radius 1 is 0.627 bits per heavy atom. The molecule has 6 nitrogen and oxygen atoms in total. The van der Waals surface area contributed by atoms with Crippen LogP contribution in [-0.2, 0) is 0 Å². The molecule has 59 heavy (non-hydrogen) atoms. The molecule has 0 N–H and O–H groups in total. The fourth-order valence-corrected chi connectivity index (χ4v) is 7.94. The van der Waals surface area contributed by atoms with Crippen molar-refractivity contribution in [1.29, 1.82) is 0 Å². The van der Waals surface area contributed by atoms with Crippen LogP contribution in [0.4, 0.5) is 22.9 Å². The number of hydrogen-bond donors (Lipinski definition) is 0. The van der Waals surface area contributed by atoms with E-state index < -0.39 is 60.4 Å². The Bertz CT molecular complexity index is 3470. The summed E-state index contributed by atoms with van der Waals surface area (Å²) < 4.78 is 97.0. The van der Waals surface area contributed by atoms with Crippen molar-refractivity contribution < 1.29 is 23.0 Å². The van der Waals surface area contributed by atoms with Gasteiger partial charge < -0.3 is 9.55 Å². The van der Waals surface area contributed by atoms with E-state index in [1.54, 1.807) is 33.5 Å². The standard InChI is InChI=1S/C52H36BN5O/c1-3-17-38(18-4-1)44-25-15-26-45(39-19-5-2-6-20-39)51(44)56-37-55(47-28-7-8-29-48(47)56)40-21-13-23-42(35-40)59-43-24-14-22-41(36-43)58-50-31-10-9-30-49(50)57-34-12-11-32-53(57)46-27-16-33-54-52(46)58/h1-36H/i1D,2D,3D,4D,5D,6D,17D,18D,19D,20D. The number of para-hydroxylation sites is 5. The molecular formula is C52H36BN5O. The van der Waals surface area contributed by atoms with Crippen molar-refractivity contribution in [3.05, 3.63) is 225 Å². The van der Waals surface area contributed by atoms with Gasteiger partial charge in [0.05, 0.1) is 53.2 Å². The minimum Gasteiger partial charge on any atom is -0.458 e. The van der Waals surface area contributed by atoms with Gasteiger partial charge in [0.2, 0.25) is 0 Å². The lowest BCUT2D eigenvalue weighted by molar-refractivity contribution is -0.571. The molecule has 0 fully saturated rings. The first-order valence-corrected chi connectivity index (χ1v) is 19.0. The molecular weight excluding hydrogens is 721 g/mol. The second-order valence-corrected chi connectivity index (χ2v) is 13.9. The van der Waals surface area contributed by atoms with E-state index in [2.05, 4.69) is 52.5 Å². The predicted octanol–water partition coefficient (Wildman–Crippen LogP) is 11.3. The van der Waals surface area contributed by atoms with Crippen LogP contribution in [0.3, 0.4) is 0 Å². The number of imidazole rings is 1. The third-order valence-corrected chi connectivity index (χ3v) is 10.4. The zero-order chi connectivity index (χ0) is 47.8. The van der Waals surface area contributed by atoms with Gasteiger partial charge in [-0.05, 0) is 88.5 Å². The summed E-state index contributed by atoms with van der Waals surface area (Å²) in [7, 11) is 0. The van der Waals surface area contributed by atoms with Crippen LogP contribution in [0.5, 0.6) is 11.5 Å². The summed E-state index contributed by atoms with van der Waals surface area (Å²) in [5.41, 5.74) is 5.90. The third kappa shape index (κ3) is 6.08. The second-order valence-electron chi connectivity index (χ2n) is 13.9. The molecule has 0 spiro atoms. The molecule has 9 aromatic rings. The molecule has 0 atom stereocenters. The van der Waals surface area contributed by atoms with Gasteiger partial charge >= 0.3 is 6.85 Å². The molecule has 0 unspecified atom stereocenters. The summed E-state index contributed by atoms with van der Waals surface area (Å²) in [4.78, 5) is 9.32. The van der Waals surface area contributed by atoms with Crippen molar-refractivity contribution in [2.45, 2.75) is 0 Å². The first-order valence-electron chi connectivity index (χ1n) is 24.0. The van der Waals surface area contributed by atoms with Gasteiger partial charge in [0, 0.05) is 12.3 Å². The van der Waals surface area contributed by atoms with Gasteiger partial charge in [0.1, 0.15) is 17.3 Å². The quantitative estimate of drug-likeness (QED) is 0.0920. The number of aromatic nitrogens is 3. The molecule has 0 saturated carbocycles. The fourth-order valence-electron chi connectivity index (χ4n) is 7.94. The van der Waals surface area contributed by atoms with E-state index in [1.165, 1.54) is 0 Å². The van der Waals surface area contributed by atoms with Crippen molar-refractivity contribution >= 4 is 46.2 Å². The van der Waals surface area contributed by atoms with Crippen molar-refractivity contribution in [2.75, 3.05) is 9.71 Å². The van der Waals surface area contributed by atoms with Crippen LogP contribution in [0, 0.1) is 6.33 Å². The van der Waals surface area contributed by atoms with Gasteiger partial charge in [-0.25, -0.2) is 4.98 Å². The van der Waals surface area contributed by atoms with Crippen LogP contribution in [0.1, 0.15) is 13.7 Å². The molecule has 11 rings (SSSR count). The summed E-state index contributed by atoms with van der Waals surface area (Å²) >= 11 is 0. The SMILES string of the molecule is [2H]c1c([2H])c([2H])c(-c2cccc(-c3c([2H])c([2H])c([2H])c([2H])c3[2H])c2-[n+]2[c-]n(-c3cccc(Oc4cccc(N5c6ccccc6N6C=CC=CB6c6cccnc65)c4)c3)c3ccccc32)c([2H])c1[2H]. The van der Waals surface area contributed by atoms with Crippen LogP contribution in [0.2, 0.25) is 0 Å². The molecule has 2 aliphatic heterocycles. The maximum Gasteiger partial charge on any atom is 0.323 e. The zero-order valence-corrected chi connectivity index (χ0v) is 31.2. The maximum absolute atomic E-state index is 9.00. The van der Waals surface area contributed by atoms with Crippen LogP contribution >= 0.6 is 0 Å². The molecule has 278 valence electrons. The van der Waals surface area contributed by atoms with Gasteiger partial charge in [0.15, 0.2) is 0 Å². The highest BCUT2D eigenvalue weighted by Gasteiger charge is 2.35. The predicted molar refractivity (Wildman–Crippen MR) is 240 cm³/mol. The maximum atomic E-state index is 9.00. The van der Waals surface area contributed by atoms with Crippen LogP contribution in [0.25, 0.3) is 44.7 Å². The highest BCUT2D eigenvalue weighted by molar-refractivity contribution is 6.83. The third-order valence-electron chi connectivity index (χ3n) is 10.4. The lowest BCUT2D eigenvalue weighted by Crippen LogP contribution is -2.45. The minimum absolute atomic E-state index is 0.0622. The van der Waals surface area contributed by atoms with Crippen LogP contribution < -0.4 is 24.5 Å². The highest BCUT2D eigenvalue weighted by Crippen LogP contribution is 2.43. The fraction of sp³-hybridized carbons (Fsp3) is 0. The summed E-state index contributed by atoms with van der Waals surface area (Å²) in [5, 5.41) is 0. The number of allylic oxidation sites excluding steroid dienone is 2. The first-order chi connectivity index (χ1) is 33.4. The molecule has 7 aromatic carbocycles. The van der Waals surface area contributed by atoms with Crippen molar-refractivity contribution in [3.63, 3.8) is 0 Å². The number of hydrogen-bond acceptors (Lipinski definition) is 4. The smallest absolute Gasteiger partial charge is 0.323 e. The number of ether oxygens (including phenoxy) is 1. The number of rotatable bonds is 7. The average molecular weight is 768 g/mol. The number of benzene rings is 7. The molecule has 2 aromatic heterocycles. The molecule has 7 heteroatoms. The number of pyridine rings is 1. The van der Waals surface area contributed by atoms with E-state index in [-0.39, 0.29) is 34.8 Å². The molecule has 0 bridgehead atoms. The van der Waals surface area contributed by atoms with Crippen molar-refractivity contribution in [2.24, 2.45) is 0 Å². The summed E-state index contributed by atoms with van der Waals surface area (Å²) in [6.45, 7) is -0.0622. The van der Waals surface area contributed by atoms with Crippen LogP contribution in [0.15, 0.2) is 218 Å². The Hall–Kier alpha value is -7.90. The largest absolute Gasteiger partial charge is 0.458 e. The Morgan fingerprint density at radius 3 is 2.05 bits per heavy atom. The Balaban J connectivity index is 1.05. The van der Waals surface area contributed by atoms with Crippen LogP contribution in [-0.4, -0.2) is 16.4 Å². The Kier molecular flexibility index (Phi) is 6.26. The average Bonchev–Trinajstić information content (AvgIpc) is 3.71.